The highest BCUT2D eigenvalue weighted by Crippen LogP contribution is 2.25. The van der Waals surface area contributed by atoms with Crippen LogP contribution in [-0.4, -0.2) is 13.1 Å². The molecule has 0 saturated heterocycles. The molecule has 0 amide bonds. The quantitative estimate of drug-likeness (QED) is 0.502. The van der Waals surface area contributed by atoms with E-state index in [1.807, 2.05) is 6.07 Å². The SMILES string of the molecule is COC(=O)c1ccc(-c2ccc(/C=C(/C#N)c3ccc(C#N)cc3)o2)cc1. The molecule has 0 spiro atoms. The fraction of sp³-hybridized carbons (Fsp3) is 0.0455. The van der Waals surface area contributed by atoms with E-state index in [1.54, 1.807) is 66.7 Å². The van der Waals surface area contributed by atoms with Crippen LogP contribution in [0, 0.1) is 22.7 Å². The Morgan fingerprint density at radius 2 is 1.63 bits per heavy atom. The number of furan rings is 1. The summed E-state index contributed by atoms with van der Waals surface area (Å²) in [4.78, 5) is 11.5. The number of carbonyl (C=O) groups is 1. The van der Waals surface area contributed by atoms with Crippen molar-refractivity contribution in [2.75, 3.05) is 7.11 Å². The second-order valence-electron chi connectivity index (χ2n) is 5.63. The lowest BCUT2D eigenvalue weighted by molar-refractivity contribution is 0.0600. The van der Waals surface area contributed by atoms with Crippen LogP contribution in [0.25, 0.3) is 23.0 Å². The number of rotatable bonds is 4. The lowest BCUT2D eigenvalue weighted by Gasteiger charge is -2.01. The van der Waals surface area contributed by atoms with Gasteiger partial charge in [-0.2, -0.15) is 10.5 Å². The molecule has 0 radical (unpaired) electrons. The summed E-state index contributed by atoms with van der Waals surface area (Å²) >= 11 is 0. The van der Waals surface area contributed by atoms with Crippen LogP contribution in [0.2, 0.25) is 0 Å². The van der Waals surface area contributed by atoms with Crippen LogP contribution in [0.1, 0.15) is 27.2 Å². The lowest BCUT2D eigenvalue weighted by Crippen LogP contribution is -2.00. The van der Waals surface area contributed by atoms with E-state index >= 15 is 0 Å². The van der Waals surface area contributed by atoms with Crippen molar-refractivity contribution in [2.45, 2.75) is 0 Å². The summed E-state index contributed by atoms with van der Waals surface area (Å²) in [5.74, 6) is 0.753. The largest absolute Gasteiger partial charge is 0.465 e. The number of methoxy groups -OCH3 is 1. The number of hydrogen-bond donors (Lipinski definition) is 0. The van der Waals surface area contributed by atoms with Crippen LogP contribution in [0.15, 0.2) is 65.1 Å². The summed E-state index contributed by atoms with van der Waals surface area (Å²) < 4.78 is 10.5. The fourth-order valence-corrected chi connectivity index (χ4v) is 2.52. The zero-order valence-electron chi connectivity index (χ0n) is 14.5. The molecule has 0 aliphatic carbocycles. The van der Waals surface area contributed by atoms with Crippen LogP contribution >= 0.6 is 0 Å². The molecule has 3 aromatic rings. The maximum Gasteiger partial charge on any atom is 0.337 e. The first-order valence-electron chi connectivity index (χ1n) is 8.05. The average molecular weight is 354 g/mol. The van der Waals surface area contributed by atoms with E-state index < -0.39 is 5.97 Å². The van der Waals surface area contributed by atoms with E-state index in [1.165, 1.54) is 7.11 Å². The van der Waals surface area contributed by atoms with E-state index in [2.05, 4.69) is 10.8 Å². The molecule has 1 aromatic heterocycles. The lowest BCUT2D eigenvalue weighted by atomic mass is 10.0. The third-order valence-corrected chi connectivity index (χ3v) is 3.95. The van der Waals surface area contributed by atoms with Crippen molar-refractivity contribution in [3.05, 3.63) is 83.1 Å². The number of nitrogens with zero attached hydrogens (tertiary/aromatic N) is 2. The maximum absolute atomic E-state index is 11.5. The Morgan fingerprint density at radius 3 is 2.22 bits per heavy atom. The highest BCUT2D eigenvalue weighted by Gasteiger charge is 2.09. The van der Waals surface area contributed by atoms with Gasteiger partial charge in [-0.3, -0.25) is 0 Å². The van der Waals surface area contributed by atoms with Crippen LogP contribution in [0.3, 0.4) is 0 Å². The monoisotopic (exact) mass is 354 g/mol. The number of allylic oxidation sites excluding steroid dienone is 1. The highest BCUT2D eigenvalue weighted by molar-refractivity contribution is 5.90. The average Bonchev–Trinajstić information content (AvgIpc) is 3.20. The molecule has 3 rings (SSSR count). The molecule has 0 bridgehead atoms. The Morgan fingerprint density at radius 1 is 0.963 bits per heavy atom. The minimum absolute atomic E-state index is 0.398. The summed E-state index contributed by atoms with van der Waals surface area (Å²) in [5, 5.41) is 18.3. The fourth-order valence-electron chi connectivity index (χ4n) is 2.52. The molecule has 0 atom stereocenters. The van der Waals surface area contributed by atoms with Gasteiger partial charge in [0.25, 0.3) is 0 Å². The maximum atomic E-state index is 11.5. The van der Waals surface area contributed by atoms with Gasteiger partial charge in [0.2, 0.25) is 0 Å². The molecule has 0 N–H and O–H groups in total. The smallest absolute Gasteiger partial charge is 0.337 e. The molecule has 130 valence electrons. The molecule has 0 saturated carbocycles. The number of ether oxygens (including phenoxy) is 1. The zero-order chi connectivity index (χ0) is 19.2. The summed E-state index contributed by atoms with van der Waals surface area (Å²) in [6, 6.07) is 21.4. The molecule has 1 heterocycles. The van der Waals surface area contributed by atoms with Crippen LogP contribution < -0.4 is 0 Å². The summed E-state index contributed by atoms with van der Waals surface area (Å²) in [6.07, 6.45) is 1.65. The minimum atomic E-state index is -0.398. The van der Waals surface area contributed by atoms with Gasteiger partial charge < -0.3 is 9.15 Å². The van der Waals surface area contributed by atoms with Crippen molar-refractivity contribution < 1.29 is 13.9 Å². The van der Waals surface area contributed by atoms with Crippen molar-refractivity contribution in [1.82, 2.24) is 0 Å². The number of nitriles is 2. The third-order valence-electron chi connectivity index (χ3n) is 3.95. The Balaban J connectivity index is 1.85. The van der Waals surface area contributed by atoms with Gasteiger partial charge in [-0.1, -0.05) is 24.3 Å². The Labute approximate surface area is 156 Å². The van der Waals surface area contributed by atoms with E-state index in [4.69, 9.17) is 9.68 Å². The normalized spacial score (nSPS) is 10.7. The number of esters is 1. The molecule has 5 heteroatoms. The topological polar surface area (TPSA) is 87.0 Å². The minimum Gasteiger partial charge on any atom is -0.465 e. The van der Waals surface area contributed by atoms with E-state index in [0.717, 1.165) is 5.56 Å². The van der Waals surface area contributed by atoms with E-state index in [-0.39, 0.29) is 0 Å². The molecule has 0 aliphatic heterocycles. The molecule has 0 unspecified atom stereocenters. The van der Waals surface area contributed by atoms with Gasteiger partial charge in [-0.25, -0.2) is 4.79 Å². The molecular weight excluding hydrogens is 340 g/mol. The highest BCUT2D eigenvalue weighted by atomic mass is 16.5. The molecule has 5 nitrogen and oxygen atoms in total. The molecule has 2 aromatic carbocycles. The van der Waals surface area contributed by atoms with Gasteiger partial charge in [-0.05, 0) is 48.0 Å². The van der Waals surface area contributed by atoms with E-state index in [0.29, 0.717) is 33.8 Å². The van der Waals surface area contributed by atoms with E-state index in [9.17, 15) is 10.1 Å². The van der Waals surface area contributed by atoms with Crippen molar-refractivity contribution in [2.24, 2.45) is 0 Å². The number of benzene rings is 2. The Bertz CT molecular complexity index is 1080. The molecule has 27 heavy (non-hydrogen) atoms. The molecule has 0 aliphatic rings. The predicted octanol–water partition coefficient (Wildman–Crippen LogP) is 4.67. The van der Waals surface area contributed by atoms with Crippen LogP contribution in [-0.2, 0) is 4.74 Å². The molecular formula is C22H14N2O3. The third kappa shape index (κ3) is 3.95. The van der Waals surface area contributed by atoms with Gasteiger partial charge in [0.05, 0.1) is 35.9 Å². The zero-order valence-corrected chi connectivity index (χ0v) is 14.5. The first-order chi connectivity index (χ1) is 13.1. The van der Waals surface area contributed by atoms with Gasteiger partial charge in [0, 0.05) is 5.56 Å². The second kappa shape index (κ2) is 7.86. The van der Waals surface area contributed by atoms with Gasteiger partial charge in [0.15, 0.2) is 0 Å². The Kier molecular flexibility index (Phi) is 5.16. The first-order valence-corrected chi connectivity index (χ1v) is 8.05. The Hall–Kier alpha value is -4.09. The second-order valence-corrected chi connectivity index (χ2v) is 5.63. The van der Waals surface area contributed by atoms with Gasteiger partial charge in [-0.15, -0.1) is 0 Å². The van der Waals surface area contributed by atoms with Crippen molar-refractivity contribution in [3.63, 3.8) is 0 Å². The first kappa shape index (κ1) is 17.7. The predicted molar refractivity (Wildman–Crippen MR) is 100 cm³/mol. The number of hydrogen-bond acceptors (Lipinski definition) is 5. The standard InChI is InChI=1S/C22H14N2O3/c1-26-22(25)18-8-6-17(7-9-18)21-11-10-20(27-21)12-19(14-24)16-4-2-15(13-23)3-5-16/h2-12H,1H3/b19-12-. The molecule has 0 fully saturated rings. The van der Waals surface area contributed by atoms with Gasteiger partial charge in [0.1, 0.15) is 11.5 Å². The van der Waals surface area contributed by atoms with Crippen LogP contribution in [0.5, 0.6) is 0 Å². The van der Waals surface area contributed by atoms with Gasteiger partial charge >= 0.3 is 5.97 Å². The summed E-state index contributed by atoms with van der Waals surface area (Å²) in [5.41, 5.74) is 2.93. The van der Waals surface area contributed by atoms with Crippen molar-refractivity contribution in [1.29, 1.82) is 10.5 Å². The van der Waals surface area contributed by atoms with Crippen LogP contribution in [0.4, 0.5) is 0 Å². The van der Waals surface area contributed by atoms with Crippen molar-refractivity contribution >= 4 is 17.6 Å². The van der Waals surface area contributed by atoms with Crippen molar-refractivity contribution in [3.8, 4) is 23.5 Å². The summed E-state index contributed by atoms with van der Waals surface area (Å²) in [6.45, 7) is 0. The number of carbonyl (C=O) groups excluding carboxylic acids is 1. The summed E-state index contributed by atoms with van der Waals surface area (Å²) in [7, 11) is 1.34.